The zero-order valence-electron chi connectivity index (χ0n) is 11.8. The van der Waals surface area contributed by atoms with Gasteiger partial charge in [0.25, 0.3) is 5.91 Å². The Bertz CT molecular complexity index is 594. The molecule has 1 saturated carbocycles. The van der Waals surface area contributed by atoms with Gasteiger partial charge in [0.05, 0.1) is 16.6 Å². The number of carbonyl (C=O) groups excluding carboxylic acids is 2. The maximum absolute atomic E-state index is 11.8. The van der Waals surface area contributed by atoms with E-state index >= 15 is 0 Å². The Hall–Kier alpha value is -1.68. The van der Waals surface area contributed by atoms with Crippen molar-refractivity contribution in [1.29, 1.82) is 0 Å². The van der Waals surface area contributed by atoms with Crippen molar-refractivity contribution in [2.45, 2.75) is 19.8 Å². The standard InChI is InChI=1S/C15H17ClN2O2/c1-9-12(6-7-14(9)19)17-13-5-4-10(8-11(13)16)15(20)18(2)3/h4-5,8-9H,6-7H2,1-3H3. The summed E-state index contributed by atoms with van der Waals surface area (Å²) in [4.78, 5) is 29.3. The van der Waals surface area contributed by atoms with E-state index in [1.807, 2.05) is 6.92 Å². The van der Waals surface area contributed by atoms with Gasteiger partial charge in [-0.05, 0) is 24.6 Å². The molecule has 0 saturated heterocycles. The molecule has 1 unspecified atom stereocenters. The first kappa shape index (κ1) is 14.7. The van der Waals surface area contributed by atoms with Crippen LogP contribution in [0.4, 0.5) is 5.69 Å². The van der Waals surface area contributed by atoms with E-state index in [9.17, 15) is 9.59 Å². The number of hydrogen-bond acceptors (Lipinski definition) is 3. The Balaban J connectivity index is 2.29. The summed E-state index contributed by atoms with van der Waals surface area (Å²) in [5, 5.41) is 0.428. The molecule has 5 heteroatoms. The van der Waals surface area contributed by atoms with Gasteiger partial charge >= 0.3 is 0 Å². The molecular weight excluding hydrogens is 276 g/mol. The van der Waals surface area contributed by atoms with Gasteiger partial charge < -0.3 is 4.90 Å². The van der Waals surface area contributed by atoms with Crippen molar-refractivity contribution in [2.75, 3.05) is 14.1 Å². The summed E-state index contributed by atoms with van der Waals surface area (Å²) in [6.45, 7) is 1.87. The fourth-order valence-electron chi connectivity index (χ4n) is 2.17. The van der Waals surface area contributed by atoms with Crippen LogP contribution >= 0.6 is 11.6 Å². The molecular formula is C15H17ClN2O2. The van der Waals surface area contributed by atoms with Crippen molar-refractivity contribution < 1.29 is 9.59 Å². The molecule has 0 aromatic heterocycles. The second-order valence-electron chi connectivity index (χ2n) is 5.16. The van der Waals surface area contributed by atoms with E-state index < -0.39 is 0 Å². The fraction of sp³-hybridized carbons (Fsp3) is 0.400. The van der Waals surface area contributed by atoms with Crippen molar-refractivity contribution in [1.82, 2.24) is 4.90 Å². The quantitative estimate of drug-likeness (QED) is 0.841. The fourth-order valence-corrected chi connectivity index (χ4v) is 2.39. The van der Waals surface area contributed by atoms with Crippen LogP contribution in [0.1, 0.15) is 30.1 Å². The predicted octanol–water partition coefficient (Wildman–Crippen LogP) is 3.11. The topological polar surface area (TPSA) is 49.7 Å². The lowest BCUT2D eigenvalue weighted by Gasteiger charge is -2.11. The smallest absolute Gasteiger partial charge is 0.253 e. The van der Waals surface area contributed by atoms with Gasteiger partial charge in [0, 0.05) is 31.8 Å². The zero-order valence-corrected chi connectivity index (χ0v) is 12.6. The monoisotopic (exact) mass is 292 g/mol. The summed E-state index contributed by atoms with van der Waals surface area (Å²) in [6, 6.07) is 5.04. The molecule has 2 rings (SSSR count). The average Bonchev–Trinajstić information content (AvgIpc) is 2.72. The van der Waals surface area contributed by atoms with Gasteiger partial charge in [0.15, 0.2) is 0 Å². The highest BCUT2D eigenvalue weighted by molar-refractivity contribution is 6.33. The second-order valence-corrected chi connectivity index (χ2v) is 5.56. The third kappa shape index (κ3) is 2.90. The summed E-state index contributed by atoms with van der Waals surface area (Å²) in [5.41, 5.74) is 2.00. The highest BCUT2D eigenvalue weighted by Gasteiger charge is 2.26. The van der Waals surface area contributed by atoms with Gasteiger partial charge in [-0.1, -0.05) is 18.5 Å². The minimum Gasteiger partial charge on any atom is -0.345 e. The van der Waals surface area contributed by atoms with Gasteiger partial charge in [-0.25, -0.2) is 0 Å². The second kappa shape index (κ2) is 5.75. The van der Waals surface area contributed by atoms with Crippen LogP contribution in [-0.2, 0) is 4.79 Å². The van der Waals surface area contributed by atoms with E-state index in [0.717, 1.165) is 5.71 Å². The Kier molecular flexibility index (Phi) is 4.23. The zero-order chi connectivity index (χ0) is 14.9. The summed E-state index contributed by atoms with van der Waals surface area (Å²) in [5.74, 6) is -0.0102. The molecule has 20 heavy (non-hydrogen) atoms. The molecule has 1 aliphatic carbocycles. The molecule has 0 aliphatic heterocycles. The van der Waals surface area contributed by atoms with Crippen LogP contribution in [0.5, 0.6) is 0 Å². The van der Waals surface area contributed by atoms with Gasteiger partial charge in [-0.3, -0.25) is 14.6 Å². The Morgan fingerprint density at radius 1 is 1.35 bits per heavy atom. The van der Waals surface area contributed by atoms with Crippen molar-refractivity contribution in [3.8, 4) is 0 Å². The molecule has 1 aliphatic rings. The lowest BCUT2D eigenvalue weighted by atomic mass is 10.1. The molecule has 0 spiro atoms. The number of hydrogen-bond donors (Lipinski definition) is 0. The number of benzene rings is 1. The van der Waals surface area contributed by atoms with Gasteiger partial charge in [0.2, 0.25) is 0 Å². The molecule has 1 fully saturated rings. The highest BCUT2D eigenvalue weighted by Crippen LogP contribution is 2.29. The van der Waals surface area contributed by atoms with Crippen molar-refractivity contribution in [3.63, 3.8) is 0 Å². The van der Waals surface area contributed by atoms with Crippen LogP contribution < -0.4 is 0 Å². The average molecular weight is 293 g/mol. The minimum atomic E-state index is -0.130. The van der Waals surface area contributed by atoms with E-state index in [1.165, 1.54) is 4.90 Å². The Labute approximate surface area is 123 Å². The van der Waals surface area contributed by atoms with Crippen LogP contribution in [0.15, 0.2) is 23.2 Å². The Morgan fingerprint density at radius 2 is 2.05 bits per heavy atom. The minimum absolute atomic E-state index is 0.101. The van der Waals surface area contributed by atoms with E-state index in [2.05, 4.69) is 4.99 Å². The first-order valence-corrected chi connectivity index (χ1v) is 6.89. The molecule has 0 heterocycles. The van der Waals surface area contributed by atoms with E-state index in [0.29, 0.717) is 29.1 Å². The largest absolute Gasteiger partial charge is 0.345 e. The summed E-state index contributed by atoms with van der Waals surface area (Å²) < 4.78 is 0. The maximum atomic E-state index is 11.8. The summed E-state index contributed by atoms with van der Waals surface area (Å²) in [6.07, 6.45) is 1.24. The van der Waals surface area contributed by atoms with Crippen molar-refractivity contribution in [3.05, 3.63) is 28.8 Å². The molecule has 1 aromatic carbocycles. The van der Waals surface area contributed by atoms with Crippen LogP contribution in [0.25, 0.3) is 0 Å². The number of carbonyl (C=O) groups is 2. The van der Waals surface area contributed by atoms with Crippen LogP contribution in [0, 0.1) is 5.92 Å². The number of aliphatic imine (C=N–C) groups is 1. The molecule has 106 valence electrons. The molecule has 4 nitrogen and oxygen atoms in total. The molecule has 0 N–H and O–H groups in total. The predicted molar refractivity (Wildman–Crippen MR) is 80.0 cm³/mol. The molecule has 0 radical (unpaired) electrons. The first-order valence-electron chi connectivity index (χ1n) is 6.51. The molecule has 1 atom stereocenters. The third-order valence-electron chi connectivity index (χ3n) is 3.48. The third-order valence-corrected chi connectivity index (χ3v) is 3.78. The number of amides is 1. The molecule has 0 bridgehead atoms. The molecule has 1 aromatic rings. The number of rotatable bonds is 2. The lowest BCUT2D eigenvalue weighted by molar-refractivity contribution is -0.119. The van der Waals surface area contributed by atoms with Crippen LogP contribution in [0.2, 0.25) is 5.02 Å². The van der Waals surface area contributed by atoms with Crippen molar-refractivity contribution >= 4 is 34.7 Å². The van der Waals surface area contributed by atoms with Gasteiger partial charge in [-0.2, -0.15) is 0 Å². The normalized spacial score (nSPS) is 20.5. The van der Waals surface area contributed by atoms with E-state index in [4.69, 9.17) is 11.6 Å². The van der Waals surface area contributed by atoms with Crippen LogP contribution in [-0.4, -0.2) is 36.4 Å². The number of Topliss-reactive ketones (excluding diaryl/α,β-unsaturated/α-hetero) is 1. The van der Waals surface area contributed by atoms with Gasteiger partial charge in [0.1, 0.15) is 5.78 Å². The summed E-state index contributed by atoms with van der Waals surface area (Å²) in [7, 11) is 3.38. The highest BCUT2D eigenvalue weighted by atomic mass is 35.5. The number of halogens is 1. The first-order chi connectivity index (χ1) is 9.40. The number of nitrogens with zero attached hydrogens (tertiary/aromatic N) is 2. The SMILES string of the molecule is CC1C(=O)CCC1=Nc1ccc(C(=O)N(C)C)cc1Cl. The van der Waals surface area contributed by atoms with Crippen molar-refractivity contribution in [2.24, 2.45) is 10.9 Å². The van der Waals surface area contributed by atoms with Crippen LogP contribution in [0.3, 0.4) is 0 Å². The molecule has 1 amide bonds. The number of ketones is 1. The Morgan fingerprint density at radius 3 is 2.55 bits per heavy atom. The summed E-state index contributed by atoms with van der Waals surface area (Å²) >= 11 is 6.18. The maximum Gasteiger partial charge on any atom is 0.253 e. The lowest BCUT2D eigenvalue weighted by Crippen LogP contribution is -2.21. The van der Waals surface area contributed by atoms with E-state index in [-0.39, 0.29) is 17.6 Å². The van der Waals surface area contributed by atoms with E-state index in [1.54, 1.807) is 32.3 Å². The van der Waals surface area contributed by atoms with Gasteiger partial charge in [-0.15, -0.1) is 0 Å².